The standard InChI is InChI=1S/C29H33N3O6/c1-31(2)24-18-13-15-12-17-14(6-4-7-16-8-5-11-32(16)3)9-10-19(33)21(17)25(34)20(15)26(35)22(18)27(36)23(28(24)37)29(30)38/h5,8-11,15,18,22,24,33-34,37H,4,6-7,12-13H2,1-3H3,(H2,30,38)/t15-,18+,22?,24-/m0/s1. The zero-order chi connectivity index (χ0) is 27.5. The van der Waals surface area contributed by atoms with Gasteiger partial charge in [-0.05, 0) is 87.4 Å². The van der Waals surface area contributed by atoms with Crippen LogP contribution in [0.4, 0.5) is 0 Å². The Balaban J connectivity index is 1.53. The maximum absolute atomic E-state index is 13.8. The third kappa shape index (κ3) is 3.93. The zero-order valence-electron chi connectivity index (χ0n) is 21.8. The lowest BCUT2D eigenvalue weighted by Gasteiger charge is -2.46. The summed E-state index contributed by atoms with van der Waals surface area (Å²) >= 11 is 0. The molecule has 1 fully saturated rings. The molecule has 2 aromatic rings. The van der Waals surface area contributed by atoms with Gasteiger partial charge in [0.25, 0.3) is 5.91 Å². The van der Waals surface area contributed by atoms with Crippen LogP contribution in [0.3, 0.4) is 0 Å². The number of hydrogen-bond donors (Lipinski definition) is 4. The molecule has 1 amide bonds. The fourth-order valence-electron chi connectivity index (χ4n) is 6.78. The van der Waals surface area contributed by atoms with Crippen LogP contribution in [0.25, 0.3) is 5.76 Å². The Morgan fingerprint density at radius 2 is 1.84 bits per heavy atom. The van der Waals surface area contributed by atoms with Gasteiger partial charge in [-0.3, -0.25) is 19.3 Å². The minimum atomic E-state index is -1.24. The maximum atomic E-state index is 13.8. The Morgan fingerprint density at radius 3 is 2.47 bits per heavy atom. The molecule has 1 aromatic carbocycles. The minimum Gasteiger partial charge on any atom is -0.510 e. The normalized spacial score (nSPS) is 24.9. The van der Waals surface area contributed by atoms with Crippen molar-refractivity contribution in [1.82, 2.24) is 9.47 Å². The van der Waals surface area contributed by atoms with Crippen LogP contribution in [0.1, 0.15) is 35.2 Å². The summed E-state index contributed by atoms with van der Waals surface area (Å²) < 4.78 is 2.08. The van der Waals surface area contributed by atoms with Gasteiger partial charge in [-0.15, -0.1) is 0 Å². The molecule has 9 nitrogen and oxygen atoms in total. The topological polar surface area (TPSA) is 146 Å². The molecule has 3 aliphatic rings. The molecule has 38 heavy (non-hydrogen) atoms. The van der Waals surface area contributed by atoms with Crippen molar-refractivity contribution in [3.63, 3.8) is 0 Å². The molecule has 0 bridgehead atoms. The second-order valence-electron chi connectivity index (χ2n) is 10.9. The number of aliphatic hydroxyl groups excluding tert-OH is 2. The fourth-order valence-corrected chi connectivity index (χ4v) is 6.78. The number of Topliss-reactive ketones (excluding diaryl/α,β-unsaturated/α-hetero) is 2. The Labute approximate surface area is 220 Å². The summed E-state index contributed by atoms with van der Waals surface area (Å²) in [5.74, 6) is -5.55. The van der Waals surface area contributed by atoms with E-state index >= 15 is 0 Å². The van der Waals surface area contributed by atoms with E-state index in [4.69, 9.17) is 5.73 Å². The van der Waals surface area contributed by atoms with Gasteiger partial charge in [-0.25, -0.2) is 0 Å². The summed E-state index contributed by atoms with van der Waals surface area (Å²) in [7, 11) is 5.42. The lowest BCUT2D eigenvalue weighted by Crippen LogP contribution is -2.55. The third-order valence-electron chi connectivity index (χ3n) is 8.48. The molecule has 0 radical (unpaired) electrons. The van der Waals surface area contributed by atoms with E-state index in [1.54, 1.807) is 19.0 Å². The van der Waals surface area contributed by atoms with Gasteiger partial charge < -0.3 is 25.6 Å². The molecule has 1 saturated carbocycles. The van der Waals surface area contributed by atoms with Crippen LogP contribution >= 0.6 is 0 Å². The number of nitrogens with two attached hydrogens (primary N) is 1. The number of aryl methyl sites for hydroxylation is 3. The van der Waals surface area contributed by atoms with Crippen molar-refractivity contribution in [3.8, 4) is 5.75 Å². The largest absolute Gasteiger partial charge is 0.510 e. The molecule has 0 aliphatic heterocycles. The summed E-state index contributed by atoms with van der Waals surface area (Å²) in [5.41, 5.74) is 8.20. The number of phenolic OH excluding ortho intramolecular Hbond substituents is 1. The first kappa shape index (κ1) is 25.8. The second kappa shape index (κ2) is 9.47. The van der Waals surface area contributed by atoms with Gasteiger partial charge in [0.15, 0.2) is 11.6 Å². The van der Waals surface area contributed by atoms with Gasteiger partial charge in [0.2, 0.25) is 0 Å². The number of aromatic hydroxyl groups is 1. The van der Waals surface area contributed by atoms with Crippen LogP contribution in [0.5, 0.6) is 5.75 Å². The lowest BCUT2D eigenvalue weighted by atomic mass is 9.59. The number of carbonyl (C=O) groups is 3. The van der Waals surface area contributed by atoms with E-state index in [9.17, 15) is 29.7 Å². The maximum Gasteiger partial charge on any atom is 0.255 e. The Kier molecular flexibility index (Phi) is 6.43. The quantitative estimate of drug-likeness (QED) is 0.338. The van der Waals surface area contributed by atoms with E-state index in [0.717, 1.165) is 30.4 Å². The number of allylic oxidation sites excluding steroid dienone is 1. The average Bonchev–Trinajstić information content (AvgIpc) is 3.24. The van der Waals surface area contributed by atoms with Gasteiger partial charge in [0, 0.05) is 24.5 Å². The van der Waals surface area contributed by atoms with Crippen LogP contribution in [-0.4, -0.2) is 62.4 Å². The molecule has 1 heterocycles. The van der Waals surface area contributed by atoms with Crippen LogP contribution < -0.4 is 5.73 Å². The Hall–Kier alpha value is -3.85. The molecule has 0 saturated heterocycles. The van der Waals surface area contributed by atoms with Crippen molar-refractivity contribution >= 4 is 23.2 Å². The number of rotatable bonds is 6. The predicted octanol–water partition coefficient (Wildman–Crippen LogP) is 2.36. The van der Waals surface area contributed by atoms with E-state index in [-0.39, 0.29) is 22.6 Å². The number of carbonyl (C=O) groups excluding carboxylic acids is 3. The molecule has 4 atom stereocenters. The smallest absolute Gasteiger partial charge is 0.255 e. The number of ketones is 2. The number of aliphatic hydroxyl groups is 2. The number of likely N-dealkylation sites (N-methyl/N-ethyl adjacent to an activating group) is 1. The molecule has 9 heteroatoms. The summed E-state index contributed by atoms with van der Waals surface area (Å²) in [5, 5.41) is 32.9. The highest BCUT2D eigenvalue weighted by Crippen LogP contribution is 2.50. The summed E-state index contributed by atoms with van der Waals surface area (Å²) in [6, 6.07) is 6.74. The number of fused-ring (bicyclic) bond motifs is 3. The van der Waals surface area contributed by atoms with Gasteiger partial charge >= 0.3 is 0 Å². The molecule has 1 unspecified atom stereocenters. The molecule has 5 N–H and O–H groups in total. The van der Waals surface area contributed by atoms with Crippen molar-refractivity contribution in [2.75, 3.05) is 14.1 Å². The number of phenols is 1. The molecular weight excluding hydrogens is 486 g/mol. The summed E-state index contributed by atoms with van der Waals surface area (Å²) in [6.45, 7) is 0. The van der Waals surface area contributed by atoms with E-state index < -0.39 is 52.6 Å². The van der Waals surface area contributed by atoms with E-state index in [0.29, 0.717) is 12.8 Å². The average molecular weight is 520 g/mol. The lowest BCUT2D eigenvalue weighted by molar-refractivity contribution is -0.136. The van der Waals surface area contributed by atoms with Crippen LogP contribution in [0.15, 0.2) is 47.4 Å². The van der Waals surface area contributed by atoms with Crippen LogP contribution in [-0.2, 0) is 40.7 Å². The number of aromatic nitrogens is 1. The first-order valence-corrected chi connectivity index (χ1v) is 12.9. The molecule has 200 valence electrons. The summed E-state index contributed by atoms with van der Waals surface area (Å²) in [4.78, 5) is 40.8. The van der Waals surface area contributed by atoms with Gasteiger partial charge in [-0.2, -0.15) is 0 Å². The van der Waals surface area contributed by atoms with Gasteiger partial charge in [-0.1, -0.05) is 6.07 Å². The molecular formula is C29H33N3O6. The number of amides is 1. The first-order valence-electron chi connectivity index (χ1n) is 12.9. The van der Waals surface area contributed by atoms with Crippen molar-refractivity contribution in [1.29, 1.82) is 0 Å². The van der Waals surface area contributed by atoms with Crippen LogP contribution in [0.2, 0.25) is 0 Å². The Bertz CT molecular complexity index is 1420. The molecule has 5 rings (SSSR count). The van der Waals surface area contributed by atoms with Gasteiger partial charge in [0.05, 0.1) is 17.5 Å². The van der Waals surface area contributed by atoms with E-state index in [1.807, 2.05) is 25.4 Å². The SMILES string of the molecule is CN(C)[C@@H]1C(O)=C(C(N)=O)C(=O)C2C(=O)C3=C(O)c4c(O)ccc(CCCc5cccn5C)c4C[C@H]3C[C@H]21. The number of primary amides is 1. The number of nitrogens with zero attached hydrogens (tertiary/aromatic N) is 2. The first-order chi connectivity index (χ1) is 18.0. The van der Waals surface area contributed by atoms with E-state index in [2.05, 4.69) is 10.6 Å². The number of hydrogen-bond acceptors (Lipinski definition) is 7. The number of benzene rings is 1. The monoisotopic (exact) mass is 519 g/mol. The van der Waals surface area contributed by atoms with Crippen molar-refractivity contribution in [3.05, 3.63) is 69.8 Å². The van der Waals surface area contributed by atoms with Crippen molar-refractivity contribution in [2.24, 2.45) is 30.5 Å². The van der Waals surface area contributed by atoms with Crippen molar-refractivity contribution in [2.45, 2.75) is 38.1 Å². The summed E-state index contributed by atoms with van der Waals surface area (Å²) in [6.07, 6.45) is 5.24. The molecule has 0 spiro atoms. The minimum absolute atomic E-state index is 0.103. The van der Waals surface area contributed by atoms with Crippen molar-refractivity contribution < 1.29 is 29.7 Å². The van der Waals surface area contributed by atoms with E-state index in [1.165, 1.54) is 11.8 Å². The highest BCUT2D eigenvalue weighted by atomic mass is 16.3. The molecule has 3 aliphatic carbocycles. The van der Waals surface area contributed by atoms with Crippen LogP contribution in [0, 0.1) is 17.8 Å². The zero-order valence-corrected chi connectivity index (χ0v) is 21.8. The highest BCUT2D eigenvalue weighted by Gasteiger charge is 2.55. The fraction of sp³-hybridized carbons (Fsp3) is 0.414. The molecule has 1 aromatic heterocycles. The predicted molar refractivity (Wildman–Crippen MR) is 140 cm³/mol. The second-order valence-corrected chi connectivity index (χ2v) is 10.9. The highest BCUT2D eigenvalue weighted by molar-refractivity contribution is 6.28. The third-order valence-corrected chi connectivity index (χ3v) is 8.48. The van der Waals surface area contributed by atoms with Gasteiger partial charge in [0.1, 0.15) is 22.8 Å². The Morgan fingerprint density at radius 1 is 1.11 bits per heavy atom.